The van der Waals surface area contributed by atoms with E-state index in [-0.39, 0.29) is 16.9 Å². The molecule has 0 bridgehead atoms. The molecule has 2 aromatic rings. The highest BCUT2D eigenvalue weighted by Crippen LogP contribution is 2.29. The highest BCUT2D eigenvalue weighted by molar-refractivity contribution is 6.30. The highest BCUT2D eigenvalue weighted by Gasteiger charge is 2.17. The van der Waals surface area contributed by atoms with Gasteiger partial charge in [0.15, 0.2) is 0 Å². The molecule has 0 fully saturated rings. The van der Waals surface area contributed by atoms with Gasteiger partial charge in [-0.3, -0.25) is 0 Å². The van der Waals surface area contributed by atoms with Crippen molar-refractivity contribution in [1.82, 2.24) is 5.32 Å². The maximum absolute atomic E-state index is 13.3. The summed E-state index contributed by atoms with van der Waals surface area (Å²) in [4.78, 5) is 0. The molecule has 1 atom stereocenters. The van der Waals surface area contributed by atoms with Crippen molar-refractivity contribution >= 4 is 11.6 Å². The average molecular weight is 290 g/mol. The Morgan fingerprint density at radius 1 is 1.05 bits per heavy atom. The van der Waals surface area contributed by atoms with Gasteiger partial charge in [-0.05, 0) is 60.7 Å². The number of hydrogen-bond donors (Lipinski definition) is 1. The molecular weight excluding hydrogens is 273 g/mol. The van der Waals surface area contributed by atoms with Crippen LogP contribution in [0.3, 0.4) is 0 Å². The molecule has 0 heterocycles. The quantitative estimate of drug-likeness (QED) is 0.889. The first kappa shape index (κ1) is 13.6. The number of fused-ring (bicyclic) bond motifs is 1. The maximum Gasteiger partial charge on any atom is 0.141 e. The number of benzene rings is 2. The van der Waals surface area contributed by atoms with Crippen molar-refractivity contribution in [2.24, 2.45) is 0 Å². The molecule has 2 aromatic carbocycles. The van der Waals surface area contributed by atoms with Crippen LogP contribution in [-0.2, 0) is 12.8 Å². The van der Waals surface area contributed by atoms with Crippen molar-refractivity contribution in [2.45, 2.75) is 25.3 Å². The zero-order valence-electron chi connectivity index (χ0n) is 11.4. The predicted octanol–water partition coefficient (Wildman–Crippen LogP) is 4.28. The minimum absolute atomic E-state index is 0.0407. The Labute approximate surface area is 123 Å². The van der Waals surface area contributed by atoms with Gasteiger partial charge in [-0.2, -0.15) is 0 Å². The van der Waals surface area contributed by atoms with Gasteiger partial charge in [-0.15, -0.1) is 0 Å². The van der Waals surface area contributed by atoms with E-state index in [1.807, 2.05) is 7.05 Å². The Kier molecular flexibility index (Phi) is 3.77. The summed E-state index contributed by atoms with van der Waals surface area (Å²) in [6, 6.07) is 11.6. The van der Waals surface area contributed by atoms with Crippen LogP contribution in [0.15, 0.2) is 36.4 Å². The van der Waals surface area contributed by atoms with Crippen molar-refractivity contribution in [3.8, 4) is 0 Å². The average Bonchev–Trinajstić information content (AvgIpc) is 2.91. The second-order valence-corrected chi connectivity index (χ2v) is 5.68. The van der Waals surface area contributed by atoms with E-state index in [1.165, 1.54) is 35.6 Å². The fourth-order valence-electron chi connectivity index (χ4n) is 2.99. The summed E-state index contributed by atoms with van der Waals surface area (Å²) in [5.74, 6) is -0.376. The number of hydrogen-bond acceptors (Lipinski definition) is 1. The molecule has 20 heavy (non-hydrogen) atoms. The third-order valence-corrected chi connectivity index (χ3v) is 4.31. The summed E-state index contributed by atoms with van der Waals surface area (Å²) in [6.45, 7) is 0. The second kappa shape index (κ2) is 5.55. The lowest BCUT2D eigenvalue weighted by Gasteiger charge is -2.18. The van der Waals surface area contributed by atoms with Crippen LogP contribution in [0.1, 0.15) is 34.7 Å². The van der Waals surface area contributed by atoms with Crippen LogP contribution in [-0.4, -0.2) is 7.05 Å². The smallest absolute Gasteiger partial charge is 0.141 e. The molecule has 1 aliphatic rings. The van der Waals surface area contributed by atoms with E-state index < -0.39 is 0 Å². The molecule has 3 heteroatoms. The summed E-state index contributed by atoms with van der Waals surface area (Å²) in [5, 5.41) is 3.46. The molecule has 3 rings (SSSR count). The molecule has 0 saturated carbocycles. The minimum Gasteiger partial charge on any atom is -0.309 e. The molecule has 1 unspecified atom stereocenters. The molecule has 0 amide bonds. The second-order valence-electron chi connectivity index (χ2n) is 5.28. The minimum atomic E-state index is -0.376. The van der Waals surface area contributed by atoms with E-state index >= 15 is 0 Å². The van der Waals surface area contributed by atoms with Gasteiger partial charge in [0.25, 0.3) is 0 Å². The first-order chi connectivity index (χ1) is 9.69. The third kappa shape index (κ3) is 2.46. The monoisotopic (exact) mass is 289 g/mol. The number of nitrogens with one attached hydrogen (secondary N) is 1. The zero-order chi connectivity index (χ0) is 14.1. The van der Waals surface area contributed by atoms with Crippen LogP contribution in [0.25, 0.3) is 0 Å². The topological polar surface area (TPSA) is 12.0 Å². The summed E-state index contributed by atoms with van der Waals surface area (Å²) >= 11 is 5.89. The molecule has 104 valence electrons. The van der Waals surface area contributed by atoms with Crippen molar-refractivity contribution in [3.05, 3.63) is 69.5 Å². The SMILES string of the molecule is CNC(c1ccc(F)c(Cl)c1)c1ccc2c(c1)CCC2. The van der Waals surface area contributed by atoms with Crippen LogP contribution in [0.5, 0.6) is 0 Å². The molecule has 1 nitrogen and oxygen atoms in total. The van der Waals surface area contributed by atoms with Gasteiger partial charge in [0.2, 0.25) is 0 Å². The Balaban J connectivity index is 1.98. The fourth-order valence-corrected chi connectivity index (χ4v) is 3.18. The first-order valence-corrected chi connectivity index (χ1v) is 7.31. The van der Waals surface area contributed by atoms with E-state index in [0.717, 1.165) is 12.0 Å². The molecule has 0 aliphatic heterocycles. The Hall–Kier alpha value is -1.38. The number of rotatable bonds is 3. The van der Waals surface area contributed by atoms with Gasteiger partial charge in [0.1, 0.15) is 5.82 Å². The normalized spacial score (nSPS) is 15.2. The number of halogens is 2. The Bertz CT molecular complexity index is 639. The molecule has 0 saturated heterocycles. The van der Waals surface area contributed by atoms with E-state index in [2.05, 4.69) is 23.5 Å². The molecule has 0 spiro atoms. The van der Waals surface area contributed by atoms with Crippen LogP contribution in [0.2, 0.25) is 5.02 Å². The van der Waals surface area contributed by atoms with Gasteiger partial charge in [-0.1, -0.05) is 35.9 Å². The van der Waals surface area contributed by atoms with E-state index in [9.17, 15) is 4.39 Å². The van der Waals surface area contributed by atoms with E-state index in [4.69, 9.17) is 11.6 Å². The third-order valence-electron chi connectivity index (χ3n) is 4.02. The highest BCUT2D eigenvalue weighted by atomic mass is 35.5. The van der Waals surface area contributed by atoms with Crippen molar-refractivity contribution in [3.63, 3.8) is 0 Å². The van der Waals surface area contributed by atoms with Gasteiger partial charge < -0.3 is 5.32 Å². The predicted molar refractivity (Wildman–Crippen MR) is 80.8 cm³/mol. The van der Waals surface area contributed by atoms with Gasteiger partial charge in [0, 0.05) is 0 Å². The van der Waals surface area contributed by atoms with Crippen molar-refractivity contribution < 1.29 is 4.39 Å². The summed E-state index contributed by atoms with van der Waals surface area (Å²) in [6.07, 6.45) is 3.58. The zero-order valence-corrected chi connectivity index (χ0v) is 12.2. The molecule has 1 aliphatic carbocycles. The lowest BCUT2D eigenvalue weighted by molar-refractivity contribution is 0.624. The summed E-state index contributed by atoms with van der Waals surface area (Å²) < 4.78 is 13.3. The Morgan fingerprint density at radius 3 is 2.50 bits per heavy atom. The van der Waals surface area contributed by atoms with E-state index in [0.29, 0.717) is 0 Å². The largest absolute Gasteiger partial charge is 0.309 e. The molecular formula is C17H17ClFN. The molecule has 0 radical (unpaired) electrons. The van der Waals surface area contributed by atoms with Crippen LogP contribution in [0.4, 0.5) is 4.39 Å². The van der Waals surface area contributed by atoms with Crippen LogP contribution in [0, 0.1) is 5.82 Å². The summed E-state index contributed by atoms with van der Waals surface area (Å²) in [7, 11) is 1.91. The molecule has 1 N–H and O–H groups in total. The van der Waals surface area contributed by atoms with Gasteiger partial charge in [0.05, 0.1) is 11.1 Å². The fraction of sp³-hybridized carbons (Fsp3) is 0.294. The van der Waals surface area contributed by atoms with E-state index in [1.54, 1.807) is 12.1 Å². The van der Waals surface area contributed by atoms with Crippen molar-refractivity contribution in [2.75, 3.05) is 7.05 Å². The lowest BCUT2D eigenvalue weighted by Crippen LogP contribution is -2.18. The molecule has 0 aromatic heterocycles. The Morgan fingerprint density at radius 2 is 1.75 bits per heavy atom. The standard InChI is InChI=1S/C17H17ClFN/c1-20-17(14-7-8-16(19)15(18)10-14)13-6-5-11-3-2-4-12(11)9-13/h5-10,17,20H,2-4H2,1H3. The summed E-state index contributed by atoms with van der Waals surface area (Å²) in [5.41, 5.74) is 5.09. The number of aryl methyl sites for hydroxylation is 2. The van der Waals surface area contributed by atoms with Gasteiger partial charge >= 0.3 is 0 Å². The lowest BCUT2D eigenvalue weighted by atomic mass is 9.96. The van der Waals surface area contributed by atoms with Crippen LogP contribution < -0.4 is 5.32 Å². The first-order valence-electron chi connectivity index (χ1n) is 6.93. The van der Waals surface area contributed by atoms with Gasteiger partial charge in [-0.25, -0.2) is 4.39 Å². The maximum atomic E-state index is 13.3. The van der Waals surface area contributed by atoms with Crippen LogP contribution >= 0.6 is 11.6 Å². The van der Waals surface area contributed by atoms with Crippen molar-refractivity contribution in [1.29, 1.82) is 0 Å².